The van der Waals surface area contributed by atoms with Gasteiger partial charge in [-0.25, -0.2) is 0 Å². The largest absolute Gasteiger partial charge is 0.490 e. The quantitative estimate of drug-likeness (QED) is 0.430. The van der Waals surface area contributed by atoms with Crippen LogP contribution < -0.4 is 4.74 Å². The highest BCUT2D eigenvalue weighted by molar-refractivity contribution is 7.14. The lowest BCUT2D eigenvalue weighted by Gasteiger charge is -2.17. The molecule has 0 saturated heterocycles. The van der Waals surface area contributed by atoms with Gasteiger partial charge in [0.25, 0.3) is 0 Å². The van der Waals surface area contributed by atoms with Crippen molar-refractivity contribution in [3.63, 3.8) is 0 Å². The molecule has 164 valence electrons. The van der Waals surface area contributed by atoms with Crippen molar-refractivity contribution in [3.05, 3.63) is 75.0 Å². The van der Waals surface area contributed by atoms with E-state index in [0.29, 0.717) is 18.6 Å². The number of hydrogen-bond donors (Lipinski definition) is 2. The van der Waals surface area contributed by atoms with Gasteiger partial charge >= 0.3 is 0 Å². The van der Waals surface area contributed by atoms with Crippen LogP contribution in [0.2, 0.25) is 0 Å². The number of thiophene rings is 1. The van der Waals surface area contributed by atoms with Crippen molar-refractivity contribution in [1.82, 2.24) is 0 Å². The monoisotopic (exact) mass is 438 g/mol. The molecular weight excluding hydrogens is 408 g/mol. The van der Waals surface area contributed by atoms with Crippen molar-refractivity contribution in [1.29, 1.82) is 0 Å². The minimum Gasteiger partial charge on any atom is -0.490 e. The maximum atomic E-state index is 13.0. The first-order valence-electron chi connectivity index (χ1n) is 10.7. The molecule has 31 heavy (non-hydrogen) atoms. The third kappa shape index (κ3) is 5.82. The van der Waals surface area contributed by atoms with Gasteiger partial charge in [-0.1, -0.05) is 55.0 Å². The van der Waals surface area contributed by atoms with Gasteiger partial charge in [0.15, 0.2) is 5.78 Å². The zero-order valence-electron chi connectivity index (χ0n) is 18.4. The Balaban J connectivity index is 1.77. The molecule has 2 N–H and O–H groups in total. The highest BCUT2D eigenvalue weighted by Crippen LogP contribution is 2.33. The van der Waals surface area contributed by atoms with Crippen LogP contribution in [0.5, 0.6) is 5.75 Å². The second-order valence-corrected chi connectivity index (χ2v) is 8.94. The number of carbonyl (C=O) groups is 1. The van der Waals surface area contributed by atoms with Crippen LogP contribution in [0.15, 0.2) is 48.5 Å². The molecule has 4 nitrogen and oxygen atoms in total. The SMILES string of the molecule is CCc1sc(C(=O)CCc2cc(C)cc(C)c2OC[C@@H](O)CO)cc1-c1ccccc1. The first kappa shape index (κ1) is 23.2. The van der Waals surface area contributed by atoms with Crippen LogP contribution >= 0.6 is 11.3 Å². The van der Waals surface area contributed by atoms with Crippen LogP contribution in [0.4, 0.5) is 0 Å². The van der Waals surface area contributed by atoms with E-state index in [1.165, 1.54) is 4.88 Å². The molecule has 0 aliphatic carbocycles. The molecule has 0 amide bonds. The Kier molecular flexibility index (Phi) is 8.02. The van der Waals surface area contributed by atoms with Gasteiger partial charge in [0.1, 0.15) is 18.5 Å². The zero-order chi connectivity index (χ0) is 22.4. The normalized spacial score (nSPS) is 12.0. The van der Waals surface area contributed by atoms with Crippen molar-refractivity contribution in [3.8, 4) is 16.9 Å². The van der Waals surface area contributed by atoms with Crippen LogP contribution in [0.25, 0.3) is 11.1 Å². The van der Waals surface area contributed by atoms with Gasteiger partial charge in [-0.3, -0.25) is 4.79 Å². The number of ether oxygens (including phenoxy) is 1. The van der Waals surface area contributed by atoms with Crippen molar-refractivity contribution < 1.29 is 19.7 Å². The molecule has 1 atom stereocenters. The highest BCUT2D eigenvalue weighted by Gasteiger charge is 2.17. The summed E-state index contributed by atoms with van der Waals surface area (Å²) < 4.78 is 5.79. The van der Waals surface area contributed by atoms with Gasteiger partial charge in [-0.2, -0.15) is 0 Å². The second-order valence-electron chi connectivity index (χ2n) is 7.81. The lowest BCUT2D eigenvalue weighted by Crippen LogP contribution is -2.22. The summed E-state index contributed by atoms with van der Waals surface area (Å²) in [5, 5.41) is 18.7. The highest BCUT2D eigenvalue weighted by atomic mass is 32.1. The molecule has 2 aromatic carbocycles. The predicted molar refractivity (Wildman–Crippen MR) is 126 cm³/mol. The van der Waals surface area contributed by atoms with Crippen LogP contribution in [0, 0.1) is 13.8 Å². The maximum absolute atomic E-state index is 13.0. The fourth-order valence-electron chi connectivity index (χ4n) is 3.73. The molecule has 0 unspecified atom stereocenters. The number of aryl methyl sites for hydroxylation is 4. The van der Waals surface area contributed by atoms with E-state index < -0.39 is 6.10 Å². The van der Waals surface area contributed by atoms with Crippen LogP contribution in [0.1, 0.15) is 44.6 Å². The molecule has 0 fully saturated rings. The third-order valence-electron chi connectivity index (χ3n) is 5.24. The van der Waals surface area contributed by atoms with Gasteiger partial charge in [0, 0.05) is 11.3 Å². The van der Waals surface area contributed by atoms with E-state index in [1.54, 1.807) is 11.3 Å². The summed E-state index contributed by atoms with van der Waals surface area (Å²) in [4.78, 5) is 15.0. The molecule has 0 aliphatic heterocycles. The van der Waals surface area contributed by atoms with Crippen molar-refractivity contribution in [2.75, 3.05) is 13.2 Å². The average molecular weight is 439 g/mol. The van der Waals surface area contributed by atoms with E-state index in [1.807, 2.05) is 50.2 Å². The maximum Gasteiger partial charge on any atom is 0.173 e. The van der Waals surface area contributed by atoms with Gasteiger partial charge in [0.2, 0.25) is 0 Å². The number of Topliss-reactive ketones (excluding diaryl/α,β-unsaturated/α-hetero) is 1. The van der Waals surface area contributed by atoms with Gasteiger partial charge in [-0.05, 0) is 55.0 Å². The lowest BCUT2D eigenvalue weighted by atomic mass is 9.99. The molecule has 0 spiro atoms. The summed E-state index contributed by atoms with van der Waals surface area (Å²) in [7, 11) is 0. The first-order chi connectivity index (χ1) is 14.9. The Bertz CT molecular complexity index is 1020. The summed E-state index contributed by atoms with van der Waals surface area (Å²) in [5.41, 5.74) is 5.30. The number of ketones is 1. The molecule has 5 heteroatoms. The first-order valence-corrected chi connectivity index (χ1v) is 11.5. The predicted octanol–water partition coefficient (Wildman–Crippen LogP) is 5.14. The minimum atomic E-state index is -0.926. The number of aliphatic hydroxyl groups excluding tert-OH is 2. The summed E-state index contributed by atoms with van der Waals surface area (Å²) in [5.74, 6) is 0.818. The lowest BCUT2D eigenvalue weighted by molar-refractivity contribution is 0.0530. The number of hydrogen-bond acceptors (Lipinski definition) is 5. The molecule has 1 heterocycles. The van der Waals surface area contributed by atoms with E-state index in [2.05, 4.69) is 19.1 Å². The van der Waals surface area contributed by atoms with E-state index >= 15 is 0 Å². The van der Waals surface area contributed by atoms with Crippen LogP contribution in [-0.4, -0.2) is 35.3 Å². The number of rotatable bonds is 10. The zero-order valence-corrected chi connectivity index (χ0v) is 19.2. The Morgan fingerprint density at radius 1 is 1.13 bits per heavy atom. The standard InChI is InChI=1S/C26H30O4S/c1-4-24-22(19-8-6-5-7-9-19)14-25(31-24)23(29)11-10-20-13-17(2)12-18(3)26(20)30-16-21(28)15-27/h5-9,12-14,21,27-28H,4,10-11,15-16H2,1-3H3/t21-/m0/s1. The molecule has 0 aliphatic rings. The van der Waals surface area contributed by atoms with Gasteiger partial charge in [0.05, 0.1) is 11.5 Å². The molecular formula is C26H30O4S. The Morgan fingerprint density at radius 3 is 2.55 bits per heavy atom. The number of aliphatic hydroxyl groups is 2. The second kappa shape index (κ2) is 10.7. The average Bonchev–Trinajstić information content (AvgIpc) is 3.21. The fraction of sp³-hybridized carbons (Fsp3) is 0.346. The van der Waals surface area contributed by atoms with Crippen LogP contribution in [-0.2, 0) is 12.8 Å². The molecule has 3 aromatic rings. The summed E-state index contributed by atoms with van der Waals surface area (Å²) >= 11 is 1.58. The van der Waals surface area contributed by atoms with E-state index in [4.69, 9.17) is 9.84 Å². The van der Waals surface area contributed by atoms with E-state index in [-0.39, 0.29) is 19.0 Å². The van der Waals surface area contributed by atoms with Gasteiger partial charge in [-0.15, -0.1) is 11.3 Å². The number of carbonyl (C=O) groups excluding carboxylic acids is 1. The van der Waals surface area contributed by atoms with E-state index in [0.717, 1.165) is 39.1 Å². The van der Waals surface area contributed by atoms with Crippen LogP contribution in [0.3, 0.4) is 0 Å². The molecule has 1 aromatic heterocycles. The summed E-state index contributed by atoms with van der Waals surface area (Å²) in [6.07, 6.45) is 0.918. The molecule has 0 saturated carbocycles. The van der Waals surface area contributed by atoms with Crippen molar-refractivity contribution >= 4 is 17.1 Å². The number of benzene rings is 2. The topological polar surface area (TPSA) is 66.8 Å². The van der Waals surface area contributed by atoms with E-state index in [9.17, 15) is 9.90 Å². The molecule has 3 rings (SSSR count). The Morgan fingerprint density at radius 2 is 1.87 bits per heavy atom. The third-order valence-corrected chi connectivity index (χ3v) is 6.56. The Labute approximate surface area is 188 Å². The van der Waals surface area contributed by atoms with Crippen molar-refractivity contribution in [2.24, 2.45) is 0 Å². The van der Waals surface area contributed by atoms with Gasteiger partial charge < -0.3 is 14.9 Å². The minimum absolute atomic E-state index is 0.0204. The van der Waals surface area contributed by atoms with Crippen molar-refractivity contribution in [2.45, 2.75) is 46.1 Å². The summed E-state index contributed by atoms with van der Waals surface area (Å²) in [6, 6.07) is 16.3. The molecule has 0 bridgehead atoms. The fourth-order valence-corrected chi connectivity index (χ4v) is 4.82. The molecule has 0 radical (unpaired) electrons. The smallest absolute Gasteiger partial charge is 0.173 e. The Hall–Kier alpha value is -2.47. The summed E-state index contributed by atoms with van der Waals surface area (Å²) in [6.45, 7) is 5.77.